The van der Waals surface area contributed by atoms with Crippen LogP contribution in [0.1, 0.15) is 40.1 Å². The van der Waals surface area contributed by atoms with Gasteiger partial charge in [0.1, 0.15) is 24.7 Å². The number of rotatable bonds is 11. The molecule has 0 aliphatic carbocycles. The minimum absolute atomic E-state index is 0.0493. The molecule has 190 valence electrons. The molecule has 3 aromatic rings. The van der Waals surface area contributed by atoms with E-state index in [1.807, 2.05) is 0 Å². The minimum atomic E-state index is -0.626. The third-order valence-corrected chi connectivity index (χ3v) is 4.91. The molecule has 0 radical (unpaired) electrons. The van der Waals surface area contributed by atoms with Crippen molar-refractivity contribution in [3.63, 3.8) is 0 Å². The minimum Gasteiger partial charge on any atom is -0.507 e. The highest BCUT2D eigenvalue weighted by Crippen LogP contribution is 2.36. The number of aromatic hydroxyl groups is 1. The average molecular weight is 503 g/mol. The Balaban J connectivity index is 1.78. The van der Waals surface area contributed by atoms with Gasteiger partial charge < -0.3 is 19.3 Å². The second-order valence-electron chi connectivity index (χ2n) is 7.77. The lowest BCUT2D eigenvalue weighted by atomic mass is 10.0. The van der Waals surface area contributed by atoms with Crippen molar-refractivity contribution in [2.45, 2.75) is 13.8 Å². The molecule has 0 aliphatic heterocycles. The number of phenols is 1. The van der Waals surface area contributed by atoms with E-state index in [9.17, 15) is 19.5 Å². The molecule has 0 heterocycles. The largest absolute Gasteiger partial charge is 0.507 e. The Bertz CT molecular complexity index is 1330. The maximum Gasteiger partial charge on any atom is 0.338 e. The number of carbonyl (C=O) groups excluding carboxylic acids is 3. The van der Waals surface area contributed by atoms with E-state index in [4.69, 9.17) is 14.2 Å². The van der Waals surface area contributed by atoms with Crippen LogP contribution in [0.25, 0.3) is 0 Å². The average Bonchev–Trinajstić information content (AvgIpc) is 2.90. The van der Waals surface area contributed by atoms with Crippen LogP contribution in [0.5, 0.6) is 11.5 Å². The van der Waals surface area contributed by atoms with Gasteiger partial charge in [-0.15, -0.1) is 5.11 Å². The van der Waals surface area contributed by atoms with Crippen LogP contribution >= 0.6 is 0 Å². The molecule has 0 saturated carbocycles. The summed E-state index contributed by atoms with van der Waals surface area (Å²) in [6.45, 7) is 6.86. The van der Waals surface area contributed by atoms with Crippen LogP contribution in [-0.4, -0.2) is 42.6 Å². The first-order valence-electron chi connectivity index (χ1n) is 11.4. The molecule has 0 spiro atoms. The summed E-state index contributed by atoms with van der Waals surface area (Å²) < 4.78 is 15.6. The topological polar surface area (TPSA) is 124 Å². The number of nitrogens with zero attached hydrogens (tertiary/aromatic N) is 2. The van der Waals surface area contributed by atoms with Crippen LogP contribution in [0.15, 0.2) is 89.1 Å². The van der Waals surface area contributed by atoms with Crippen molar-refractivity contribution in [2.24, 2.45) is 10.2 Å². The third kappa shape index (κ3) is 7.35. The van der Waals surface area contributed by atoms with E-state index in [0.717, 1.165) is 0 Å². The van der Waals surface area contributed by atoms with Crippen molar-refractivity contribution in [3.05, 3.63) is 95.6 Å². The number of ketones is 1. The molecular formula is C28H26N2O7. The molecule has 9 heteroatoms. The van der Waals surface area contributed by atoms with Gasteiger partial charge in [-0.05, 0) is 38.1 Å². The van der Waals surface area contributed by atoms with E-state index >= 15 is 0 Å². The van der Waals surface area contributed by atoms with Gasteiger partial charge >= 0.3 is 11.9 Å². The molecule has 9 nitrogen and oxygen atoms in total. The molecule has 0 saturated heterocycles. The Morgan fingerprint density at radius 1 is 0.892 bits per heavy atom. The normalized spacial score (nSPS) is 10.6. The van der Waals surface area contributed by atoms with Crippen LogP contribution < -0.4 is 4.74 Å². The molecule has 0 atom stereocenters. The number of hydrogen-bond donors (Lipinski definition) is 1. The number of benzene rings is 3. The number of ether oxygens (including phenoxy) is 3. The number of esters is 2. The second kappa shape index (κ2) is 12.8. The lowest BCUT2D eigenvalue weighted by Crippen LogP contribution is -2.14. The molecule has 0 bridgehead atoms. The molecule has 0 aromatic heterocycles. The zero-order valence-electron chi connectivity index (χ0n) is 20.5. The van der Waals surface area contributed by atoms with E-state index in [0.29, 0.717) is 17.9 Å². The van der Waals surface area contributed by atoms with E-state index in [1.54, 1.807) is 55.5 Å². The first-order chi connectivity index (χ1) is 17.8. The van der Waals surface area contributed by atoms with E-state index in [1.165, 1.54) is 25.1 Å². The summed E-state index contributed by atoms with van der Waals surface area (Å²) >= 11 is 0. The van der Waals surface area contributed by atoms with Gasteiger partial charge in [-0.25, -0.2) is 9.59 Å². The summed E-state index contributed by atoms with van der Waals surface area (Å²) in [5.41, 5.74) is 1.50. The lowest BCUT2D eigenvalue weighted by Gasteiger charge is -2.10. The van der Waals surface area contributed by atoms with Crippen molar-refractivity contribution in [1.29, 1.82) is 0 Å². The molecular weight excluding hydrogens is 476 g/mol. The molecule has 0 amide bonds. The monoisotopic (exact) mass is 502 g/mol. The van der Waals surface area contributed by atoms with Gasteiger partial charge in [-0.3, -0.25) is 4.79 Å². The molecule has 0 aliphatic rings. The molecule has 1 N–H and O–H groups in total. The fourth-order valence-corrected chi connectivity index (χ4v) is 3.12. The number of hydrogen-bond acceptors (Lipinski definition) is 9. The number of phenolic OH excluding ortho intramolecular Hbond substituents is 1. The fraction of sp³-hybridized carbons (Fsp3) is 0.179. The highest BCUT2D eigenvalue weighted by Gasteiger charge is 2.18. The standard InChI is InChI=1S/C28H26N2O7/c1-4-35-25-17-24(31)22(26(32)19-9-6-5-7-10-19)16-23(25)30-29-21-12-8-11-20(15-21)28(34)37-14-13-36-27(33)18(2)3/h5-12,15-17,31H,2,4,13-14H2,1,3H3. The summed E-state index contributed by atoms with van der Waals surface area (Å²) in [6.07, 6.45) is 0. The maximum absolute atomic E-state index is 12.9. The van der Waals surface area contributed by atoms with Crippen LogP contribution in [0.2, 0.25) is 0 Å². The Kier molecular flexibility index (Phi) is 9.26. The van der Waals surface area contributed by atoms with Gasteiger partial charge in [0, 0.05) is 17.2 Å². The smallest absolute Gasteiger partial charge is 0.338 e. The van der Waals surface area contributed by atoms with Crippen LogP contribution in [0, 0.1) is 0 Å². The van der Waals surface area contributed by atoms with E-state index < -0.39 is 11.9 Å². The van der Waals surface area contributed by atoms with Gasteiger partial charge in [0.15, 0.2) is 11.5 Å². The maximum atomic E-state index is 12.9. The summed E-state index contributed by atoms with van der Waals surface area (Å²) in [5, 5.41) is 18.8. The van der Waals surface area contributed by atoms with Crippen molar-refractivity contribution in [3.8, 4) is 11.5 Å². The summed E-state index contributed by atoms with van der Waals surface area (Å²) in [4.78, 5) is 36.6. The van der Waals surface area contributed by atoms with Gasteiger partial charge in [0.25, 0.3) is 0 Å². The first kappa shape index (κ1) is 26.8. The third-order valence-electron chi connectivity index (χ3n) is 4.91. The highest BCUT2D eigenvalue weighted by atomic mass is 16.6. The number of carbonyl (C=O) groups is 3. The van der Waals surface area contributed by atoms with Crippen molar-refractivity contribution >= 4 is 29.1 Å². The molecule has 3 rings (SSSR count). The van der Waals surface area contributed by atoms with E-state index in [2.05, 4.69) is 16.8 Å². The Hall–Kier alpha value is -4.79. The predicted molar refractivity (Wildman–Crippen MR) is 136 cm³/mol. The van der Waals surface area contributed by atoms with Gasteiger partial charge in [-0.1, -0.05) is 43.0 Å². The second-order valence-corrected chi connectivity index (χ2v) is 7.77. The SMILES string of the molecule is C=C(C)C(=O)OCCOC(=O)c1cccc(N=Nc2cc(C(=O)c3ccccc3)c(O)cc2OCC)c1. The molecule has 3 aromatic carbocycles. The van der Waals surface area contributed by atoms with Gasteiger partial charge in [0.2, 0.25) is 0 Å². The Morgan fingerprint density at radius 3 is 2.30 bits per heavy atom. The zero-order valence-corrected chi connectivity index (χ0v) is 20.5. The fourth-order valence-electron chi connectivity index (χ4n) is 3.12. The molecule has 37 heavy (non-hydrogen) atoms. The lowest BCUT2D eigenvalue weighted by molar-refractivity contribution is -0.140. The Morgan fingerprint density at radius 2 is 1.59 bits per heavy atom. The quantitative estimate of drug-likeness (QED) is 0.117. The van der Waals surface area contributed by atoms with Crippen molar-refractivity contribution < 1.29 is 33.7 Å². The van der Waals surface area contributed by atoms with Gasteiger partial charge in [0.05, 0.1) is 23.4 Å². The van der Waals surface area contributed by atoms with Crippen LogP contribution in [0.4, 0.5) is 11.4 Å². The number of azo groups is 1. The van der Waals surface area contributed by atoms with E-state index in [-0.39, 0.29) is 52.9 Å². The van der Waals surface area contributed by atoms with Crippen LogP contribution in [0.3, 0.4) is 0 Å². The van der Waals surface area contributed by atoms with Crippen molar-refractivity contribution in [1.82, 2.24) is 0 Å². The molecule has 0 unspecified atom stereocenters. The predicted octanol–water partition coefficient (Wildman–Crippen LogP) is 5.71. The zero-order chi connectivity index (χ0) is 26.8. The molecule has 0 fully saturated rings. The van der Waals surface area contributed by atoms with Crippen molar-refractivity contribution in [2.75, 3.05) is 19.8 Å². The van der Waals surface area contributed by atoms with Crippen LogP contribution in [-0.2, 0) is 14.3 Å². The summed E-state index contributed by atoms with van der Waals surface area (Å²) in [7, 11) is 0. The highest BCUT2D eigenvalue weighted by molar-refractivity contribution is 6.11. The first-order valence-corrected chi connectivity index (χ1v) is 11.4. The summed E-state index contributed by atoms with van der Waals surface area (Å²) in [6, 6.07) is 17.5. The van der Waals surface area contributed by atoms with Gasteiger partial charge in [-0.2, -0.15) is 5.11 Å². The summed E-state index contributed by atoms with van der Waals surface area (Å²) in [5.74, 6) is -1.56. The Labute approximate surface area is 214 Å².